The number of para-hydroxylation sites is 3. The van der Waals surface area contributed by atoms with Crippen LogP contribution in [0, 0.1) is 6.92 Å². The Morgan fingerprint density at radius 1 is 1.04 bits per heavy atom. The van der Waals surface area contributed by atoms with Gasteiger partial charge in [-0.25, -0.2) is 0 Å². The van der Waals surface area contributed by atoms with Crippen LogP contribution in [0.3, 0.4) is 0 Å². The van der Waals surface area contributed by atoms with Gasteiger partial charge in [-0.1, -0.05) is 37.3 Å². The van der Waals surface area contributed by atoms with E-state index >= 15 is 0 Å². The summed E-state index contributed by atoms with van der Waals surface area (Å²) in [5, 5.41) is 6.42. The van der Waals surface area contributed by atoms with Gasteiger partial charge in [-0.15, -0.1) is 0 Å². The van der Waals surface area contributed by atoms with Gasteiger partial charge in [-0.3, -0.25) is 4.79 Å². The Balaban J connectivity index is 1.65. The summed E-state index contributed by atoms with van der Waals surface area (Å²) in [6.45, 7) is 6.59. The number of benzene rings is 2. The highest BCUT2D eigenvalue weighted by Gasteiger charge is 2.15. The van der Waals surface area contributed by atoms with Gasteiger partial charge in [0.2, 0.25) is 5.91 Å². The average molecular weight is 351 g/mol. The molecule has 2 aromatic rings. The van der Waals surface area contributed by atoms with Crippen LogP contribution in [-0.2, 0) is 11.2 Å². The molecule has 1 aliphatic rings. The van der Waals surface area contributed by atoms with E-state index in [2.05, 4.69) is 46.7 Å². The van der Waals surface area contributed by atoms with Crippen LogP contribution >= 0.6 is 0 Å². The maximum absolute atomic E-state index is 12.5. The van der Waals surface area contributed by atoms with Crippen molar-refractivity contribution >= 4 is 23.0 Å². The molecule has 0 unspecified atom stereocenters. The first-order valence-electron chi connectivity index (χ1n) is 9.65. The first-order chi connectivity index (χ1) is 12.7. The molecule has 1 aliphatic heterocycles. The molecule has 0 atom stereocenters. The van der Waals surface area contributed by atoms with Gasteiger partial charge in [-0.2, -0.15) is 0 Å². The number of amides is 1. The van der Waals surface area contributed by atoms with E-state index in [1.807, 2.05) is 25.1 Å². The summed E-state index contributed by atoms with van der Waals surface area (Å²) < 4.78 is 0. The Labute approximate surface area is 156 Å². The average Bonchev–Trinajstić information content (AvgIpc) is 2.69. The lowest BCUT2D eigenvalue weighted by atomic mass is 10.1. The van der Waals surface area contributed by atoms with Crippen LogP contribution in [0.4, 0.5) is 17.1 Å². The second-order valence-electron chi connectivity index (χ2n) is 6.93. The highest BCUT2D eigenvalue weighted by atomic mass is 16.1. The van der Waals surface area contributed by atoms with Gasteiger partial charge in [0.1, 0.15) is 0 Å². The molecule has 0 aromatic heterocycles. The maximum atomic E-state index is 12.5. The number of rotatable bonds is 6. The fourth-order valence-corrected chi connectivity index (χ4v) is 3.59. The smallest absolute Gasteiger partial charge is 0.243 e. The highest BCUT2D eigenvalue weighted by molar-refractivity contribution is 5.95. The third-order valence-corrected chi connectivity index (χ3v) is 5.04. The molecule has 1 amide bonds. The Morgan fingerprint density at radius 2 is 1.81 bits per heavy atom. The Morgan fingerprint density at radius 3 is 2.58 bits per heavy atom. The van der Waals surface area contributed by atoms with Crippen LogP contribution in [0.5, 0.6) is 0 Å². The van der Waals surface area contributed by atoms with Gasteiger partial charge in [-0.05, 0) is 55.9 Å². The number of aryl methyl sites for hydroxylation is 2. The van der Waals surface area contributed by atoms with Crippen molar-refractivity contribution in [2.75, 3.05) is 35.2 Å². The van der Waals surface area contributed by atoms with Crippen molar-refractivity contribution < 1.29 is 4.79 Å². The van der Waals surface area contributed by atoms with Crippen molar-refractivity contribution in [3.63, 3.8) is 0 Å². The topological polar surface area (TPSA) is 44.4 Å². The number of carbonyl (C=O) groups is 1. The molecule has 0 aliphatic carbocycles. The van der Waals surface area contributed by atoms with Crippen LogP contribution in [0.2, 0.25) is 0 Å². The summed E-state index contributed by atoms with van der Waals surface area (Å²) in [7, 11) is 0. The van der Waals surface area contributed by atoms with Crippen LogP contribution in [-0.4, -0.2) is 25.5 Å². The van der Waals surface area contributed by atoms with E-state index in [1.165, 1.54) is 30.5 Å². The number of nitrogens with zero attached hydrogens (tertiary/aromatic N) is 1. The lowest BCUT2D eigenvalue weighted by Gasteiger charge is -2.30. The Bertz CT molecular complexity index is 751. The van der Waals surface area contributed by atoms with Gasteiger partial charge in [0.05, 0.1) is 17.9 Å². The first kappa shape index (κ1) is 18.3. The molecular weight excluding hydrogens is 322 g/mol. The van der Waals surface area contributed by atoms with Crippen LogP contribution < -0.4 is 15.5 Å². The number of carbonyl (C=O) groups excluding carboxylic acids is 1. The zero-order valence-electron chi connectivity index (χ0n) is 15.8. The van der Waals surface area contributed by atoms with E-state index in [-0.39, 0.29) is 12.5 Å². The summed E-state index contributed by atoms with van der Waals surface area (Å²) in [5.74, 6) is -0.0116. The van der Waals surface area contributed by atoms with Crippen molar-refractivity contribution in [1.29, 1.82) is 0 Å². The number of piperidine rings is 1. The summed E-state index contributed by atoms with van der Waals surface area (Å²) in [5.41, 5.74) is 5.46. The van der Waals surface area contributed by atoms with Crippen molar-refractivity contribution in [2.45, 2.75) is 39.5 Å². The number of hydrogen-bond donors (Lipinski definition) is 2. The molecule has 2 N–H and O–H groups in total. The fraction of sp³-hybridized carbons (Fsp3) is 0.409. The summed E-state index contributed by atoms with van der Waals surface area (Å²) in [6, 6.07) is 14.4. The van der Waals surface area contributed by atoms with Gasteiger partial charge < -0.3 is 15.5 Å². The molecule has 1 heterocycles. The van der Waals surface area contributed by atoms with E-state index in [0.29, 0.717) is 0 Å². The first-order valence-corrected chi connectivity index (χ1v) is 9.65. The van der Waals surface area contributed by atoms with E-state index in [0.717, 1.165) is 36.4 Å². The summed E-state index contributed by atoms with van der Waals surface area (Å²) in [4.78, 5) is 14.9. The molecule has 26 heavy (non-hydrogen) atoms. The number of nitrogens with one attached hydrogen (secondary N) is 2. The highest BCUT2D eigenvalue weighted by Crippen LogP contribution is 2.28. The van der Waals surface area contributed by atoms with Crippen molar-refractivity contribution in [3.05, 3.63) is 53.6 Å². The van der Waals surface area contributed by atoms with Gasteiger partial charge in [0.15, 0.2) is 0 Å². The van der Waals surface area contributed by atoms with E-state index in [1.54, 1.807) is 0 Å². The second-order valence-corrected chi connectivity index (χ2v) is 6.93. The molecule has 0 radical (unpaired) electrons. The van der Waals surface area contributed by atoms with Crippen LogP contribution in [0.15, 0.2) is 42.5 Å². The monoisotopic (exact) mass is 351 g/mol. The lowest BCUT2D eigenvalue weighted by Crippen LogP contribution is -2.30. The fourth-order valence-electron chi connectivity index (χ4n) is 3.59. The van der Waals surface area contributed by atoms with E-state index in [9.17, 15) is 4.79 Å². The molecule has 2 aromatic carbocycles. The van der Waals surface area contributed by atoms with Gasteiger partial charge in [0, 0.05) is 18.8 Å². The molecule has 1 fully saturated rings. The van der Waals surface area contributed by atoms with E-state index in [4.69, 9.17) is 0 Å². The summed E-state index contributed by atoms with van der Waals surface area (Å²) in [6.07, 6.45) is 4.69. The van der Waals surface area contributed by atoms with Crippen LogP contribution in [0.25, 0.3) is 0 Å². The Kier molecular flexibility index (Phi) is 6.16. The second kappa shape index (κ2) is 8.75. The SMILES string of the molecule is CCc1cccc(C)c1NC(=O)CNc1ccccc1N1CCCCC1. The van der Waals surface area contributed by atoms with Crippen LogP contribution in [0.1, 0.15) is 37.3 Å². The van der Waals surface area contributed by atoms with Crippen molar-refractivity contribution in [3.8, 4) is 0 Å². The molecule has 1 saturated heterocycles. The predicted molar refractivity (Wildman–Crippen MR) is 110 cm³/mol. The normalized spacial score (nSPS) is 14.2. The Hall–Kier alpha value is -2.49. The largest absolute Gasteiger partial charge is 0.374 e. The van der Waals surface area contributed by atoms with Crippen molar-refractivity contribution in [2.24, 2.45) is 0 Å². The van der Waals surface area contributed by atoms with Gasteiger partial charge in [0.25, 0.3) is 0 Å². The zero-order chi connectivity index (χ0) is 18.4. The minimum Gasteiger partial charge on any atom is -0.374 e. The van der Waals surface area contributed by atoms with E-state index < -0.39 is 0 Å². The molecule has 0 spiro atoms. The predicted octanol–water partition coefficient (Wildman–Crippen LogP) is 4.60. The van der Waals surface area contributed by atoms with Crippen molar-refractivity contribution in [1.82, 2.24) is 0 Å². The minimum atomic E-state index is -0.0116. The molecular formula is C22H29N3O. The zero-order valence-corrected chi connectivity index (χ0v) is 15.8. The molecule has 0 bridgehead atoms. The third kappa shape index (κ3) is 4.37. The molecule has 138 valence electrons. The number of anilines is 3. The molecule has 4 nitrogen and oxygen atoms in total. The third-order valence-electron chi connectivity index (χ3n) is 5.04. The summed E-state index contributed by atoms with van der Waals surface area (Å²) >= 11 is 0. The number of hydrogen-bond acceptors (Lipinski definition) is 3. The minimum absolute atomic E-state index is 0.0116. The maximum Gasteiger partial charge on any atom is 0.243 e. The molecule has 3 rings (SSSR count). The molecule has 4 heteroatoms. The lowest BCUT2D eigenvalue weighted by molar-refractivity contribution is -0.114. The molecule has 0 saturated carbocycles. The standard InChI is InChI=1S/C22H29N3O/c1-3-18-11-9-10-17(2)22(18)24-21(26)16-23-19-12-5-6-13-20(19)25-14-7-4-8-15-25/h5-6,9-13,23H,3-4,7-8,14-16H2,1-2H3,(H,24,26). The van der Waals surface area contributed by atoms with Gasteiger partial charge >= 0.3 is 0 Å². The quantitative estimate of drug-likeness (QED) is 0.799.